The van der Waals surface area contributed by atoms with E-state index in [1.54, 1.807) is 38.4 Å². The number of amides is 2. The lowest BCUT2D eigenvalue weighted by Crippen LogP contribution is -2.34. The number of hydrogen-bond donors (Lipinski definition) is 1. The van der Waals surface area contributed by atoms with Crippen LogP contribution < -0.4 is 5.32 Å². The molecule has 10 heteroatoms. The largest absolute Gasteiger partial charge is 0.365 e. The molecule has 2 aromatic heterocycles. The van der Waals surface area contributed by atoms with Gasteiger partial charge >= 0.3 is 0 Å². The molecular formula is C26H35F2N5O3. The molecule has 36 heavy (non-hydrogen) atoms. The van der Waals surface area contributed by atoms with Gasteiger partial charge < -0.3 is 14.7 Å². The number of carbonyl (C=O) groups is 2. The molecule has 1 aliphatic heterocycles. The van der Waals surface area contributed by atoms with Crippen LogP contribution in [0.3, 0.4) is 0 Å². The van der Waals surface area contributed by atoms with Crippen molar-refractivity contribution < 1.29 is 22.9 Å². The SMILES string of the molecule is CC(C)CC(=O)N1CCCC1C.CC(NC=O)c1ccc(-c2cc(F)nn2C)c(F)c1.c1cnoc1. The predicted molar refractivity (Wildman–Crippen MR) is 133 cm³/mol. The maximum Gasteiger partial charge on any atom is 0.233 e. The summed E-state index contributed by atoms with van der Waals surface area (Å²) in [5, 5.41) is 9.43. The molecule has 1 fully saturated rings. The van der Waals surface area contributed by atoms with Gasteiger partial charge in [0.25, 0.3) is 0 Å². The second kappa shape index (κ2) is 14.1. The van der Waals surface area contributed by atoms with Gasteiger partial charge in [-0.2, -0.15) is 4.39 Å². The highest BCUT2D eigenvalue weighted by molar-refractivity contribution is 5.77. The maximum atomic E-state index is 14.0. The number of rotatable bonds is 6. The summed E-state index contributed by atoms with van der Waals surface area (Å²) >= 11 is 0. The Morgan fingerprint density at radius 2 is 2.03 bits per heavy atom. The molecule has 3 aromatic rings. The Bertz CT molecular complexity index is 1070. The van der Waals surface area contributed by atoms with Gasteiger partial charge in [0.2, 0.25) is 18.3 Å². The first-order chi connectivity index (χ1) is 17.1. The van der Waals surface area contributed by atoms with E-state index in [9.17, 15) is 18.4 Å². The Labute approximate surface area is 210 Å². The zero-order chi connectivity index (χ0) is 26.7. The molecule has 0 spiro atoms. The third kappa shape index (κ3) is 8.58. The summed E-state index contributed by atoms with van der Waals surface area (Å²) in [4.78, 5) is 24.0. The summed E-state index contributed by atoms with van der Waals surface area (Å²) in [7, 11) is 1.54. The van der Waals surface area contributed by atoms with Crippen molar-refractivity contribution >= 4 is 12.3 Å². The van der Waals surface area contributed by atoms with Gasteiger partial charge in [0.05, 0.1) is 17.9 Å². The van der Waals surface area contributed by atoms with E-state index >= 15 is 0 Å². The van der Waals surface area contributed by atoms with E-state index in [0.717, 1.165) is 6.54 Å². The van der Waals surface area contributed by atoms with E-state index in [4.69, 9.17) is 0 Å². The lowest BCUT2D eigenvalue weighted by Gasteiger charge is -2.22. The topological polar surface area (TPSA) is 93.3 Å². The highest BCUT2D eigenvalue weighted by Crippen LogP contribution is 2.25. The third-order valence-electron chi connectivity index (χ3n) is 5.74. The van der Waals surface area contributed by atoms with Crippen molar-refractivity contribution in [3.63, 3.8) is 0 Å². The first-order valence-corrected chi connectivity index (χ1v) is 12.0. The Kier molecular flexibility index (Phi) is 11.2. The zero-order valence-corrected chi connectivity index (χ0v) is 21.4. The van der Waals surface area contributed by atoms with Crippen molar-refractivity contribution in [2.24, 2.45) is 13.0 Å². The standard InChI is InChI=1S/C13H13F2N3O.C10H19NO.C3H3NO/c1-8(16-7-19)9-3-4-10(11(14)5-9)12-6-13(15)17-18(12)2;1-8(2)7-10(12)11-6-4-5-9(11)3;1-2-4-5-3-1/h3-8H,1-2H3,(H,16,19);8-9H,4-7H2,1-3H3;1-3H. The third-order valence-corrected chi connectivity index (χ3v) is 5.74. The monoisotopic (exact) mass is 503 g/mol. The lowest BCUT2D eigenvalue weighted by molar-refractivity contribution is -0.132. The summed E-state index contributed by atoms with van der Waals surface area (Å²) < 4.78 is 32.7. The van der Waals surface area contributed by atoms with Crippen molar-refractivity contribution in [2.45, 2.75) is 59.0 Å². The van der Waals surface area contributed by atoms with Crippen LogP contribution in [-0.4, -0.2) is 44.7 Å². The second-order valence-corrected chi connectivity index (χ2v) is 9.09. The zero-order valence-electron chi connectivity index (χ0n) is 21.4. The van der Waals surface area contributed by atoms with Gasteiger partial charge in [0, 0.05) is 37.7 Å². The summed E-state index contributed by atoms with van der Waals surface area (Å²) in [6, 6.07) is 7.64. The highest BCUT2D eigenvalue weighted by atomic mass is 19.1. The highest BCUT2D eigenvalue weighted by Gasteiger charge is 2.24. The fraction of sp³-hybridized carbons (Fsp3) is 0.462. The summed E-state index contributed by atoms with van der Waals surface area (Å²) in [5.41, 5.74) is 1.26. The molecular weight excluding hydrogens is 468 g/mol. The van der Waals surface area contributed by atoms with Gasteiger partial charge in [0.15, 0.2) is 0 Å². The molecule has 0 radical (unpaired) electrons. The minimum Gasteiger partial charge on any atom is -0.365 e. The number of carbonyl (C=O) groups excluding carboxylic acids is 2. The maximum absolute atomic E-state index is 14.0. The average molecular weight is 504 g/mol. The van der Waals surface area contributed by atoms with Crippen molar-refractivity contribution in [1.29, 1.82) is 0 Å². The van der Waals surface area contributed by atoms with E-state index in [0.29, 0.717) is 42.0 Å². The molecule has 1 saturated heterocycles. The number of nitrogens with zero attached hydrogens (tertiary/aromatic N) is 4. The van der Waals surface area contributed by atoms with Gasteiger partial charge in [-0.25, -0.2) is 4.39 Å². The van der Waals surface area contributed by atoms with Crippen molar-refractivity contribution in [3.8, 4) is 11.3 Å². The number of hydrogen-bond acceptors (Lipinski definition) is 5. The summed E-state index contributed by atoms with van der Waals surface area (Å²) in [6.45, 7) is 9.06. The van der Waals surface area contributed by atoms with E-state index in [-0.39, 0.29) is 11.6 Å². The molecule has 0 saturated carbocycles. The number of nitrogens with one attached hydrogen (secondary N) is 1. The normalized spacial score (nSPS) is 15.4. The molecule has 2 atom stereocenters. The predicted octanol–water partition coefficient (Wildman–Crippen LogP) is 4.89. The number of benzene rings is 1. The van der Waals surface area contributed by atoms with E-state index < -0.39 is 11.8 Å². The molecule has 8 nitrogen and oxygen atoms in total. The quantitative estimate of drug-likeness (QED) is 0.484. The van der Waals surface area contributed by atoms with Crippen LogP contribution in [0.25, 0.3) is 11.3 Å². The average Bonchev–Trinajstić information content (AvgIpc) is 3.58. The smallest absolute Gasteiger partial charge is 0.233 e. The Morgan fingerprint density at radius 1 is 1.28 bits per heavy atom. The van der Waals surface area contributed by atoms with E-state index in [1.165, 1.54) is 35.9 Å². The molecule has 2 unspecified atom stereocenters. The first-order valence-electron chi connectivity index (χ1n) is 12.0. The van der Waals surface area contributed by atoms with Crippen LogP contribution in [0.15, 0.2) is 47.3 Å². The summed E-state index contributed by atoms with van der Waals surface area (Å²) in [5.74, 6) is -0.308. The fourth-order valence-electron chi connectivity index (χ4n) is 3.84. The van der Waals surface area contributed by atoms with Gasteiger partial charge in [0.1, 0.15) is 12.1 Å². The number of aryl methyl sites for hydroxylation is 1. The molecule has 1 N–H and O–H groups in total. The molecule has 3 heterocycles. The van der Waals surface area contributed by atoms with Crippen LogP contribution in [0, 0.1) is 17.7 Å². The first kappa shape index (κ1) is 28.7. The summed E-state index contributed by atoms with van der Waals surface area (Å²) in [6.07, 6.45) is 6.74. The number of halogens is 2. The van der Waals surface area contributed by atoms with Gasteiger partial charge in [-0.05, 0) is 56.4 Å². The number of likely N-dealkylation sites (tertiary alicyclic amines) is 1. The molecule has 196 valence electrons. The van der Waals surface area contributed by atoms with Crippen molar-refractivity contribution in [3.05, 3.63) is 60.1 Å². The fourth-order valence-corrected chi connectivity index (χ4v) is 3.84. The van der Waals surface area contributed by atoms with Crippen LogP contribution in [-0.2, 0) is 16.6 Å². The molecule has 0 aliphatic carbocycles. The molecule has 1 aliphatic rings. The Balaban J connectivity index is 0.000000227. The van der Waals surface area contributed by atoms with Gasteiger partial charge in [-0.15, -0.1) is 5.10 Å². The Hall–Kier alpha value is -3.56. The van der Waals surface area contributed by atoms with Crippen LogP contribution in [0.5, 0.6) is 0 Å². The molecule has 1 aromatic carbocycles. The van der Waals surface area contributed by atoms with Crippen LogP contribution in [0.4, 0.5) is 8.78 Å². The molecule has 0 bridgehead atoms. The molecule has 4 rings (SSSR count). The van der Waals surface area contributed by atoms with Crippen LogP contribution in [0.1, 0.15) is 58.6 Å². The second-order valence-electron chi connectivity index (χ2n) is 9.09. The minimum atomic E-state index is -0.656. The number of aromatic nitrogens is 3. The lowest BCUT2D eigenvalue weighted by atomic mass is 10.0. The van der Waals surface area contributed by atoms with Crippen LogP contribution in [0.2, 0.25) is 0 Å². The Morgan fingerprint density at radius 3 is 2.47 bits per heavy atom. The van der Waals surface area contributed by atoms with E-state index in [2.05, 4.69) is 40.9 Å². The van der Waals surface area contributed by atoms with Crippen molar-refractivity contribution in [1.82, 2.24) is 25.2 Å². The van der Waals surface area contributed by atoms with Gasteiger partial charge in [-0.3, -0.25) is 14.3 Å². The van der Waals surface area contributed by atoms with E-state index in [1.807, 2.05) is 4.90 Å². The minimum absolute atomic E-state index is 0.265. The van der Waals surface area contributed by atoms with Crippen molar-refractivity contribution in [2.75, 3.05) is 6.54 Å². The van der Waals surface area contributed by atoms with Gasteiger partial charge in [-0.1, -0.05) is 25.1 Å². The van der Waals surface area contributed by atoms with Crippen LogP contribution >= 0.6 is 0 Å². The molecule has 2 amide bonds.